The normalized spacial score (nSPS) is 14.6. The van der Waals surface area contributed by atoms with Gasteiger partial charge in [-0.25, -0.2) is 13.6 Å². The topological polar surface area (TPSA) is 44.0 Å². The van der Waals surface area contributed by atoms with Gasteiger partial charge in [0.05, 0.1) is 5.52 Å². The Labute approximate surface area is 261 Å². The minimum atomic E-state index is -0.114. The highest BCUT2D eigenvalue weighted by Crippen LogP contribution is 2.42. The van der Waals surface area contributed by atoms with Gasteiger partial charge in [0.25, 0.3) is 0 Å². The molecule has 0 N–H and O–H groups in total. The fourth-order valence-electron chi connectivity index (χ4n) is 9.26. The average molecular weight is 585 g/mol. The first-order valence-electron chi connectivity index (χ1n) is 16.1. The van der Waals surface area contributed by atoms with Crippen LogP contribution in [0, 0.1) is 6.92 Å². The van der Waals surface area contributed by atoms with E-state index in [1.165, 1.54) is 33.1 Å². The second-order valence-corrected chi connectivity index (χ2v) is 15.6. The molecule has 10 rings (SSSR count). The summed E-state index contributed by atoms with van der Waals surface area (Å²) >= 11 is 0. The summed E-state index contributed by atoms with van der Waals surface area (Å²) in [5.74, 6) is 0. The SMILES string of the molecule is Cc1cc2c3c(c1)B(C(C)(C)C)c1c4ccc5c6ccccc6oc5c4n4c(=O)n5c6ccccc6c(c5n-3c14)B2C(C)(C)C. The number of benzene rings is 4. The molecule has 2 aliphatic heterocycles. The highest BCUT2D eigenvalue weighted by atomic mass is 16.3. The van der Waals surface area contributed by atoms with Crippen LogP contribution in [-0.2, 0) is 0 Å². The fourth-order valence-corrected chi connectivity index (χ4v) is 9.26. The van der Waals surface area contributed by atoms with Crippen LogP contribution in [0.1, 0.15) is 47.1 Å². The maximum absolute atomic E-state index is 15.3. The second kappa shape index (κ2) is 7.77. The van der Waals surface area contributed by atoms with Gasteiger partial charge in [-0.3, -0.25) is 4.57 Å². The van der Waals surface area contributed by atoms with Gasteiger partial charge in [-0.1, -0.05) is 102 Å². The van der Waals surface area contributed by atoms with Crippen LogP contribution in [0.15, 0.2) is 82.0 Å². The molecule has 4 aromatic heterocycles. The number of rotatable bonds is 0. The van der Waals surface area contributed by atoms with Crippen LogP contribution in [0.4, 0.5) is 0 Å². The van der Waals surface area contributed by atoms with Crippen molar-refractivity contribution in [3.8, 4) is 5.69 Å². The van der Waals surface area contributed by atoms with Crippen molar-refractivity contribution >= 4 is 90.3 Å². The standard InChI is InChI=1S/C38H33B2N3O2/c1-20-18-25-32-26(19-20)40(38(5,6)7)30-24-17-16-22-21-12-9-11-15-28(21)45-33(22)31(24)43-35(30)42(32)34-29(39(25)37(2,3)4)23-13-8-10-14-27(23)41(34)36(43)44/h8-19H,1-7H3. The molecule has 2 aliphatic rings. The van der Waals surface area contributed by atoms with E-state index >= 15 is 4.79 Å². The van der Waals surface area contributed by atoms with Crippen molar-refractivity contribution in [1.82, 2.24) is 13.4 Å². The van der Waals surface area contributed by atoms with Gasteiger partial charge in [-0.05, 0) is 63.0 Å². The monoisotopic (exact) mass is 585 g/mol. The first-order chi connectivity index (χ1) is 21.5. The minimum Gasteiger partial charge on any atom is -0.454 e. The summed E-state index contributed by atoms with van der Waals surface area (Å²) in [7, 11) is 0. The van der Waals surface area contributed by atoms with E-state index < -0.39 is 0 Å². The zero-order valence-corrected chi connectivity index (χ0v) is 26.7. The second-order valence-electron chi connectivity index (χ2n) is 15.6. The highest BCUT2D eigenvalue weighted by molar-refractivity contribution is 6.96. The zero-order valence-electron chi connectivity index (χ0n) is 26.7. The maximum Gasteiger partial charge on any atom is 0.340 e. The molecule has 0 unspecified atom stereocenters. The van der Waals surface area contributed by atoms with Crippen LogP contribution < -0.4 is 27.5 Å². The lowest BCUT2D eigenvalue weighted by atomic mass is 9.24. The Morgan fingerprint density at radius 3 is 1.93 bits per heavy atom. The molecule has 4 aromatic carbocycles. The highest BCUT2D eigenvalue weighted by Gasteiger charge is 2.49. The maximum atomic E-state index is 15.3. The molecule has 0 aliphatic carbocycles. The number of furan rings is 1. The Bertz CT molecular complexity index is 2730. The van der Waals surface area contributed by atoms with E-state index in [1.54, 1.807) is 0 Å². The van der Waals surface area contributed by atoms with Gasteiger partial charge in [0.1, 0.15) is 22.4 Å². The van der Waals surface area contributed by atoms with Gasteiger partial charge in [-0.2, -0.15) is 0 Å². The molecule has 0 saturated heterocycles. The van der Waals surface area contributed by atoms with Crippen molar-refractivity contribution in [3.05, 3.63) is 88.8 Å². The molecule has 218 valence electrons. The van der Waals surface area contributed by atoms with E-state index in [1.807, 2.05) is 20.9 Å². The van der Waals surface area contributed by atoms with Crippen LogP contribution in [0.25, 0.3) is 60.7 Å². The van der Waals surface area contributed by atoms with Gasteiger partial charge < -0.3 is 4.42 Å². The molecule has 0 atom stereocenters. The quantitative estimate of drug-likeness (QED) is 0.196. The van der Waals surface area contributed by atoms with Crippen molar-refractivity contribution in [2.24, 2.45) is 0 Å². The van der Waals surface area contributed by atoms with Gasteiger partial charge in [0, 0.05) is 21.8 Å². The Hall–Kier alpha value is -4.64. The zero-order chi connectivity index (χ0) is 30.9. The molecule has 5 nitrogen and oxygen atoms in total. The summed E-state index contributed by atoms with van der Waals surface area (Å²) in [6.45, 7) is 16.5. The molecule has 7 heteroatoms. The Kier molecular flexibility index (Phi) is 4.43. The molecule has 0 bridgehead atoms. The molecular formula is C38H33B2N3O2. The van der Waals surface area contributed by atoms with Crippen LogP contribution in [0.3, 0.4) is 0 Å². The summed E-state index contributed by atoms with van der Waals surface area (Å²) in [6.07, 6.45) is 0. The van der Waals surface area contributed by atoms with E-state index in [4.69, 9.17) is 4.42 Å². The Balaban J connectivity index is 1.59. The van der Waals surface area contributed by atoms with Crippen LogP contribution in [0.5, 0.6) is 0 Å². The van der Waals surface area contributed by atoms with Crippen molar-refractivity contribution in [2.75, 3.05) is 0 Å². The van der Waals surface area contributed by atoms with Crippen LogP contribution in [-0.4, -0.2) is 26.8 Å². The van der Waals surface area contributed by atoms with Gasteiger partial charge in [-0.15, -0.1) is 0 Å². The molecule has 0 radical (unpaired) electrons. The molecule has 0 spiro atoms. The number of fused-ring (bicyclic) bond motifs is 10. The number of nitrogens with zero attached hydrogens (tertiary/aromatic N) is 3. The predicted molar refractivity (Wildman–Crippen MR) is 190 cm³/mol. The summed E-state index contributed by atoms with van der Waals surface area (Å²) < 4.78 is 13.1. The van der Waals surface area contributed by atoms with E-state index in [2.05, 4.69) is 114 Å². The fraction of sp³-hybridized carbons (Fsp3) is 0.237. The van der Waals surface area contributed by atoms with Crippen molar-refractivity contribution in [1.29, 1.82) is 0 Å². The number of hydrogen-bond donors (Lipinski definition) is 0. The summed E-state index contributed by atoms with van der Waals surface area (Å²) in [4.78, 5) is 15.3. The Morgan fingerprint density at radius 1 is 0.667 bits per heavy atom. The van der Waals surface area contributed by atoms with Crippen molar-refractivity contribution in [3.63, 3.8) is 0 Å². The van der Waals surface area contributed by atoms with Crippen molar-refractivity contribution < 1.29 is 4.42 Å². The number of aryl methyl sites for hydroxylation is 1. The van der Waals surface area contributed by atoms with Gasteiger partial charge in [0.2, 0.25) is 13.4 Å². The summed E-state index contributed by atoms with van der Waals surface area (Å²) in [6, 6.07) is 25.9. The third kappa shape index (κ3) is 2.87. The summed E-state index contributed by atoms with van der Waals surface area (Å²) in [5, 5.41) is 4.15. The molecule has 0 amide bonds. The lowest BCUT2D eigenvalue weighted by Crippen LogP contribution is -2.62. The first kappa shape index (κ1) is 25.7. The number of para-hydroxylation sites is 2. The smallest absolute Gasteiger partial charge is 0.340 e. The lowest BCUT2D eigenvalue weighted by molar-refractivity contribution is 0.670. The predicted octanol–water partition coefficient (Wildman–Crippen LogP) is 6.30. The third-order valence-electron chi connectivity index (χ3n) is 10.6. The minimum absolute atomic E-state index is 0.0396. The third-order valence-corrected chi connectivity index (χ3v) is 10.6. The molecule has 6 heterocycles. The van der Waals surface area contributed by atoms with Crippen molar-refractivity contribution in [2.45, 2.75) is 59.1 Å². The lowest BCUT2D eigenvalue weighted by Gasteiger charge is -2.41. The van der Waals surface area contributed by atoms with E-state index in [0.717, 1.165) is 55.0 Å². The first-order valence-corrected chi connectivity index (χ1v) is 16.1. The average Bonchev–Trinajstić information content (AvgIpc) is 3.63. The molecular weight excluding hydrogens is 552 g/mol. The van der Waals surface area contributed by atoms with E-state index in [9.17, 15) is 0 Å². The molecule has 8 aromatic rings. The molecule has 0 saturated carbocycles. The Morgan fingerprint density at radius 2 is 1.24 bits per heavy atom. The number of hydrogen-bond acceptors (Lipinski definition) is 2. The molecule has 0 fully saturated rings. The largest absolute Gasteiger partial charge is 0.454 e. The summed E-state index contributed by atoms with van der Waals surface area (Å²) in [5.41, 5.74) is 13.1. The van der Waals surface area contributed by atoms with Gasteiger partial charge in [0.15, 0.2) is 5.58 Å². The van der Waals surface area contributed by atoms with E-state index in [0.29, 0.717) is 0 Å². The number of aromatic nitrogens is 3. The van der Waals surface area contributed by atoms with Gasteiger partial charge >= 0.3 is 5.69 Å². The van der Waals surface area contributed by atoms with Crippen LogP contribution in [0.2, 0.25) is 10.6 Å². The molecule has 45 heavy (non-hydrogen) atoms. The van der Waals surface area contributed by atoms with E-state index in [-0.39, 0.29) is 29.7 Å². The van der Waals surface area contributed by atoms with Crippen LogP contribution >= 0.6 is 0 Å².